The van der Waals surface area contributed by atoms with Crippen molar-refractivity contribution in [2.24, 2.45) is 0 Å². The molecule has 0 saturated carbocycles. The number of hydrogen-bond donors (Lipinski definition) is 1. The van der Waals surface area contributed by atoms with Crippen molar-refractivity contribution >= 4 is 70.7 Å². The van der Waals surface area contributed by atoms with E-state index < -0.39 is 76.0 Å². The summed E-state index contributed by atoms with van der Waals surface area (Å²) in [5, 5.41) is 12.9. The van der Waals surface area contributed by atoms with E-state index in [-0.39, 0.29) is 44.5 Å². The first-order valence-electron chi connectivity index (χ1n) is 18.7. The number of amides is 2. The van der Waals surface area contributed by atoms with Crippen LogP contribution in [0.15, 0.2) is 31.4 Å². The molecule has 2 amide bonds. The summed E-state index contributed by atoms with van der Waals surface area (Å²) >= 11 is 18.6. The second-order valence-electron chi connectivity index (χ2n) is 14.5. The maximum absolute atomic E-state index is 14.5. The molecule has 7 rings (SSSR count). The average Bonchev–Trinajstić information content (AvgIpc) is 3.70. The Balaban J connectivity index is 1.52. The minimum absolute atomic E-state index is 0.0824. The Kier molecular flexibility index (Phi) is 12.5. The van der Waals surface area contributed by atoms with E-state index >= 15 is 0 Å². The zero-order chi connectivity index (χ0) is 43.2. The number of halogens is 3. The molecule has 0 aromatic heterocycles. The molecule has 5 aliphatic heterocycles. The molecule has 4 bridgehead atoms. The number of alkyl carbamates (subject to hydrolysis) is 1. The fourth-order valence-corrected chi connectivity index (χ4v) is 10.5. The van der Waals surface area contributed by atoms with Gasteiger partial charge >= 0.3 is 24.1 Å². The molecule has 2 saturated heterocycles. The number of esters is 2. The normalized spacial score (nSPS) is 24.9. The van der Waals surface area contributed by atoms with Gasteiger partial charge in [0.05, 0.1) is 42.6 Å². The number of methoxy groups -OCH3 is 1. The van der Waals surface area contributed by atoms with Crippen molar-refractivity contribution in [3.63, 3.8) is 0 Å². The van der Waals surface area contributed by atoms with Crippen molar-refractivity contribution in [2.75, 3.05) is 46.1 Å². The van der Waals surface area contributed by atoms with Crippen LogP contribution in [-0.2, 0) is 30.2 Å². The van der Waals surface area contributed by atoms with Crippen LogP contribution >= 0.6 is 46.6 Å². The van der Waals surface area contributed by atoms with Crippen molar-refractivity contribution in [1.29, 1.82) is 5.26 Å². The minimum atomic E-state index is -1.92. The lowest BCUT2D eigenvalue weighted by Crippen LogP contribution is -2.71. The van der Waals surface area contributed by atoms with Gasteiger partial charge in [0.1, 0.15) is 44.3 Å². The topological polar surface area (TPSA) is 184 Å². The van der Waals surface area contributed by atoms with E-state index in [4.69, 9.17) is 72.7 Å². The Hall–Kier alpha value is -4.73. The predicted molar refractivity (Wildman–Crippen MR) is 218 cm³/mol. The third-order valence-corrected chi connectivity index (χ3v) is 12.6. The number of carbonyl (C=O) groups excluding carboxylic acids is 4. The summed E-state index contributed by atoms with van der Waals surface area (Å²) < 4.78 is 45.5. The molecule has 60 heavy (non-hydrogen) atoms. The number of aryl methyl sites for hydroxylation is 1. The highest BCUT2D eigenvalue weighted by atomic mass is 35.6. The van der Waals surface area contributed by atoms with Gasteiger partial charge < -0.3 is 43.2 Å². The number of alkyl halides is 3. The van der Waals surface area contributed by atoms with Gasteiger partial charge in [-0.15, -0.1) is 11.8 Å². The standard InChI is InChI=1S/C40H41Cl3N4O12S/c1-7-9-53-34-26-21(11-18(3)31(34)52-6)12-23-24(13-44)46-25-14-55-37(49)22(45-38(50)56-16-40(41,42)43)15-60-36(30(46)29(26)47(23)39(51)54-10-8-2)28-27(25)35-33(57-17-58-35)19(4)32(28)59-20(5)48/h7-8,11,22-25,29-30,36H,1-2,9-10,12,14-17H2,3-6H3,(H,45,50)/t22-,23+,24+,25+,29-,30-,36-/m1/s1. The van der Waals surface area contributed by atoms with Gasteiger partial charge in [-0.05, 0) is 31.4 Å². The summed E-state index contributed by atoms with van der Waals surface area (Å²) in [5.74, 6) is -0.00739. The summed E-state index contributed by atoms with van der Waals surface area (Å²) in [6.45, 7) is 11.2. The van der Waals surface area contributed by atoms with Crippen LogP contribution in [0.5, 0.6) is 28.7 Å². The van der Waals surface area contributed by atoms with Gasteiger partial charge in [0, 0.05) is 34.9 Å². The van der Waals surface area contributed by atoms with Crippen LogP contribution in [0, 0.1) is 25.2 Å². The van der Waals surface area contributed by atoms with Gasteiger partial charge in [0.2, 0.25) is 10.6 Å². The van der Waals surface area contributed by atoms with Crippen molar-refractivity contribution < 1.29 is 57.1 Å². The highest BCUT2D eigenvalue weighted by Crippen LogP contribution is 2.64. The number of cyclic esters (lactones) is 1. The van der Waals surface area contributed by atoms with Crippen LogP contribution in [-0.4, -0.2) is 108 Å². The smallest absolute Gasteiger partial charge is 0.411 e. The number of hydrogen-bond acceptors (Lipinski definition) is 15. The fraction of sp³-hybridized carbons (Fsp3) is 0.475. The Morgan fingerprint density at radius 2 is 1.78 bits per heavy atom. The number of fused-ring (bicyclic) bond motifs is 9. The van der Waals surface area contributed by atoms with Gasteiger partial charge in [0.25, 0.3) is 0 Å². The molecule has 1 N–H and O–H groups in total. The number of nitriles is 1. The first-order valence-corrected chi connectivity index (χ1v) is 20.9. The molecule has 320 valence electrons. The molecule has 0 radical (unpaired) electrons. The van der Waals surface area contributed by atoms with Crippen molar-refractivity contribution in [2.45, 2.75) is 72.5 Å². The van der Waals surface area contributed by atoms with Crippen molar-refractivity contribution in [3.05, 3.63) is 64.8 Å². The van der Waals surface area contributed by atoms with Gasteiger partial charge in [0.15, 0.2) is 23.0 Å². The predicted octanol–water partition coefficient (Wildman–Crippen LogP) is 6.25. The number of carbonyl (C=O) groups is 4. The van der Waals surface area contributed by atoms with Crippen LogP contribution in [0.2, 0.25) is 0 Å². The van der Waals surface area contributed by atoms with Gasteiger partial charge in [-0.3, -0.25) is 14.6 Å². The van der Waals surface area contributed by atoms with E-state index in [1.165, 1.54) is 31.9 Å². The molecule has 2 aromatic carbocycles. The van der Waals surface area contributed by atoms with Gasteiger partial charge in [-0.2, -0.15) is 5.26 Å². The molecule has 0 aliphatic carbocycles. The fourth-order valence-electron chi connectivity index (χ4n) is 8.86. The third-order valence-electron chi connectivity index (χ3n) is 10.9. The second-order valence-corrected chi connectivity index (χ2v) is 18.1. The van der Waals surface area contributed by atoms with E-state index in [1.807, 2.05) is 17.9 Å². The van der Waals surface area contributed by atoms with Gasteiger partial charge in [-0.25, -0.2) is 14.4 Å². The van der Waals surface area contributed by atoms with Gasteiger partial charge in [-0.1, -0.05) is 66.2 Å². The molecule has 16 nitrogen and oxygen atoms in total. The SMILES string of the molecule is C=CCOC(=O)N1[C@@H]2c3c(cc(C)c(OC)c3OCC=C)C[C@H]1[C@H](C#N)N1[C@H]2[C@@H]2SC[C@@H](NC(=O)OCC(Cl)(Cl)Cl)C(=O)OC[C@H]1c1c3c(c(C)c(OC(C)=O)c12)OCO3. The second kappa shape index (κ2) is 17.3. The summed E-state index contributed by atoms with van der Waals surface area (Å²) in [7, 11) is 1.52. The first-order chi connectivity index (χ1) is 28.6. The lowest BCUT2D eigenvalue weighted by molar-refractivity contribution is -0.151. The molecular weight excluding hydrogens is 867 g/mol. The summed E-state index contributed by atoms with van der Waals surface area (Å²) in [6, 6.07) is -1.52. The molecule has 0 unspecified atom stereocenters. The maximum atomic E-state index is 14.5. The average molecular weight is 908 g/mol. The molecule has 7 atom stereocenters. The number of nitrogens with zero attached hydrogens (tertiary/aromatic N) is 3. The van der Waals surface area contributed by atoms with E-state index in [0.29, 0.717) is 45.3 Å². The highest BCUT2D eigenvalue weighted by Gasteiger charge is 2.63. The Bertz CT molecular complexity index is 2180. The Morgan fingerprint density at radius 3 is 2.45 bits per heavy atom. The Morgan fingerprint density at radius 1 is 1.05 bits per heavy atom. The van der Waals surface area contributed by atoms with E-state index in [2.05, 4.69) is 24.5 Å². The molecule has 2 fully saturated rings. The van der Waals surface area contributed by atoms with E-state index in [9.17, 15) is 24.4 Å². The van der Waals surface area contributed by atoms with Crippen LogP contribution in [0.3, 0.4) is 0 Å². The third kappa shape index (κ3) is 7.72. The highest BCUT2D eigenvalue weighted by molar-refractivity contribution is 7.99. The minimum Gasteiger partial charge on any atom is -0.493 e. The number of ether oxygens (including phenoxy) is 8. The van der Waals surface area contributed by atoms with Crippen LogP contribution < -0.4 is 29.0 Å². The number of piperazine rings is 1. The molecule has 0 spiro atoms. The summed E-state index contributed by atoms with van der Waals surface area (Å²) in [6.07, 6.45) is 1.46. The first kappa shape index (κ1) is 43.4. The lowest BCUT2D eigenvalue weighted by atomic mass is 9.71. The van der Waals surface area contributed by atoms with E-state index in [0.717, 1.165) is 11.1 Å². The lowest BCUT2D eigenvalue weighted by Gasteiger charge is -2.61. The molecule has 5 aliphatic rings. The molecule has 5 heterocycles. The Labute approximate surface area is 364 Å². The van der Waals surface area contributed by atoms with E-state index in [1.54, 1.807) is 17.9 Å². The number of nitrogens with one attached hydrogen (secondary N) is 1. The monoisotopic (exact) mass is 906 g/mol. The zero-order valence-electron chi connectivity index (χ0n) is 32.9. The molecular formula is C40H41Cl3N4O12S. The number of thioether (sulfide) groups is 1. The quantitative estimate of drug-likeness (QED) is 0.0979. The maximum Gasteiger partial charge on any atom is 0.411 e. The van der Waals surface area contributed by atoms with Crippen LogP contribution in [0.1, 0.15) is 57.6 Å². The molecule has 2 aromatic rings. The zero-order valence-corrected chi connectivity index (χ0v) is 36.0. The number of benzene rings is 2. The largest absolute Gasteiger partial charge is 0.493 e. The number of rotatable bonds is 9. The van der Waals surface area contributed by atoms with Crippen molar-refractivity contribution in [1.82, 2.24) is 15.1 Å². The molecule has 20 heteroatoms. The van der Waals surface area contributed by atoms with Crippen LogP contribution in [0.25, 0.3) is 0 Å². The van der Waals surface area contributed by atoms with Crippen molar-refractivity contribution in [3.8, 4) is 34.8 Å². The summed E-state index contributed by atoms with van der Waals surface area (Å²) in [5.41, 5.74) is 3.57. The summed E-state index contributed by atoms with van der Waals surface area (Å²) in [4.78, 5) is 57.9. The van der Waals surface area contributed by atoms with Crippen LogP contribution in [0.4, 0.5) is 9.59 Å².